The minimum absolute atomic E-state index is 0.302. The first-order valence-corrected chi connectivity index (χ1v) is 5.43. The van der Waals surface area contributed by atoms with Crippen molar-refractivity contribution in [3.63, 3.8) is 0 Å². The van der Waals surface area contributed by atoms with E-state index in [1.807, 2.05) is 0 Å². The second-order valence-electron chi connectivity index (χ2n) is 3.92. The lowest BCUT2D eigenvalue weighted by Crippen LogP contribution is -2.08. The second-order valence-corrected chi connectivity index (χ2v) is 3.92. The molecule has 0 spiro atoms. The number of hydrogen-bond acceptors (Lipinski definition) is 1. The van der Waals surface area contributed by atoms with Gasteiger partial charge in [-0.15, -0.1) is 0 Å². The largest absolute Gasteiger partial charge is 0.497 e. The molecule has 0 saturated heterocycles. The van der Waals surface area contributed by atoms with Crippen LogP contribution in [0.5, 0.6) is 5.75 Å². The zero-order chi connectivity index (χ0) is 14.0. The highest BCUT2D eigenvalue weighted by Crippen LogP contribution is 2.34. The quantitative estimate of drug-likeness (QED) is 0.729. The molecule has 0 aliphatic carbocycles. The molecule has 0 aromatic heterocycles. The van der Waals surface area contributed by atoms with Crippen LogP contribution in [0.15, 0.2) is 42.5 Å². The van der Waals surface area contributed by atoms with E-state index < -0.39 is 17.6 Å². The zero-order valence-electron chi connectivity index (χ0n) is 9.96. The van der Waals surface area contributed by atoms with Crippen molar-refractivity contribution in [2.75, 3.05) is 7.11 Å². The van der Waals surface area contributed by atoms with Gasteiger partial charge in [0.2, 0.25) is 0 Å². The summed E-state index contributed by atoms with van der Waals surface area (Å²) in [5.41, 5.74) is -0.400. The van der Waals surface area contributed by atoms with Gasteiger partial charge < -0.3 is 4.74 Å². The summed E-state index contributed by atoms with van der Waals surface area (Å²) in [5.74, 6) is -0.674. The molecule has 0 saturated carbocycles. The second kappa shape index (κ2) is 4.91. The van der Waals surface area contributed by atoms with Gasteiger partial charge in [0, 0.05) is 0 Å². The van der Waals surface area contributed by atoms with Crippen molar-refractivity contribution in [3.05, 3.63) is 53.8 Å². The summed E-state index contributed by atoms with van der Waals surface area (Å²) in [6.45, 7) is 0. The lowest BCUT2D eigenvalue weighted by atomic mass is 10.0. The van der Waals surface area contributed by atoms with Gasteiger partial charge >= 0.3 is 6.18 Å². The fraction of sp³-hybridized carbons (Fsp3) is 0.143. The summed E-state index contributed by atoms with van der Waals surface area (Å²) < 4.78 is 55.9. The van der Waals surface area contributed by atoms with E-state index in [0.717, 1.165) is 12.1 Å². The van der Waals surface area contributed by atoms with Gasteiger partial charge in [-0.2, -0.15) is 13.2 Å². The summed E-state index contributed by atoms with van der Waals surface area (Å²) >= 11 is 0. The Kier molecular flexibility index (Phi) is 3.46. The van der Waals surface area contributed by atoms with Gasteiger partial charge in [0.25, 0.3) is 0 Å². The molecule has 0 aliphatic rings. The lowest BCUT2D eigenvalue weighted by Gasteiger charge is -2.10. The van der Waals surface area contributed by atoms with E-state index in [4.69, 9.17) is 4.74 Å². The summed E-state index contributed by atoms with van der Waals surface area (Å²) in [7, 11) is 1.49. The lowest BCUT2D eigenvalue weighted by molar-refractivity contribution is -0.139. The number of ether oxygens (including phenoxy) is 1. The van der Waals surface area contributed by atoms with Crippen molar-refractivity contribution in [1.82, 2.24) is 0 Å². The normalized spacial score (nSPS) is 11.4. The van der Waals surface area contributed by atoms with Crippen LogP contribution in [0, 0.1) is 5.82 Å². The van der Waals surface area contributed by atoms with Crippen molar-refractivity contribution in [2.45, 2.75) is 6.18 Å². The molecule has 19 heavy (non-hydrogen) atoms. The van der Waals surface area contributed by atoms with Crippen LogP contribution in [-0.2, 0) is 6.18 Å². The van der Waals surface area contributed by atoms with Gasteiger partial charge in [0.15, 0.2) is 0 Å². The third-order valence-corrected chi connectivity index (χ3v) is 2.70. The van der Waals surface area contributed by atoms with Crippen LogP contribution in [0.4, 0.5) is 17.6 Å². The fourth-order valence-electron chi connectivity index (χ4n) is 1.71. The number of methoxy groups -OCH3 is 1. The molecule has 0 amide bonds. The van der Waals surface area contributed by atoms with Crippen LogP contribution in [0.1, 0.15) is 5.56 Å². The van der Waals surface area contributed by atoms with E-state index in [1.54, 1.807) is 24.3 Å². The van der Waals surface area contributed by atoms with E-state index in [2.05, 4.69) is 0 Å². The molecule has 0 atom stereocenters. The van der Waals surface area contributed by atoms with Gasteiger partial charge in [-0.25, -0.2) is 4.39 Å². The van der Waals surface area contributed by atoms with Crippen molar-refractivity contribution >= 4 is 0 Å². The first-order chi connectivity index (χ1) is 8.91. The Morgan fingerprint density at radius 2 is 1.47 bits per heavy atom. The SMILES string of the molecule is COc1ccc(-c2ccc(F)c(C(F)(F)F)c2)cc1. The summed E-state index contributed by atoms with van der Waals surface area (Å²) in [6, 6.07) is 9.43. The van der Waals surface area contributed by atoms with Crippen molar-refractivity contribution in [3.8, 4) is 16.9 Å². The standard InChI is InChI=1S/C14H10F4O/c1-19-11-5-2-9(3-6-11)10-4-7-13(15)12(8-10)14(16,17)18/h2-8H,1H3. The number of alkyl halides is 3. The van der Waals surface area contributed by atoms with E-state index in [1.165, 1.54) is 13.2 Å². The predicted molar refractivity (Wildman–Crippen MR) is 63.4 cm³/mol. The molecular weight excluding hydrogens is 260 g/mol. The molecule has 0 radical (unpaired) electrons. The molecule has 0 heterocycles. The Balaban J connectivity index is 2.45. The Morgan fingerprint density at radius 3 is 2.00 bits per heavy atom. The molecule has 0 aliphatic heterocycles. The third-order valence-electron chi connectivity index (χ3n) is 2.70. The average Bonchev–Trinajstić information content (AvgIpc) is 2.38. The highest BCUT2D eigenvalue weighted by molar-refractivity contribution is 5.65. The molecule has 2 rings (SSSR count). The molecule has 0 N–H and O–H groups in total. The van der Waals surface area contributed by atoms with Gasteiger partial charge in [0.05, 0.1) is 12.7 Å². The first kappa shape index (κ1) is 13.4. The topological polar surface area (TPSA) is 9.23 Å². The van der Waals surface area contributed by atoms with E-state index >= 15 is 0 Å². The van der Waals surface area contributed by atoms with Crippen LogP contribution in [0.2, 0.25) is 0 Å². The summed E-state index contributed by atoms with van der Waals surface area (Å²) in [6.07, 6.45) is -4.70. The van der Waals surface area contributed by atoms with Crippen molar-refractivity contribution in [1.29, 1.82) is 0 Å². The Bertz CT molecular complexity index is 573. The Labute approximate surface area is 107 Å². The highest BCUT2D eigenvalue weighted by atomic mass is 19.4. The molecule has 2 aromatic carbocycles. The highest BCUT2D eigenvalue weighted by Gasteiger charge is 2.34. The maximum absolute atomic E-state index is 13.2. The molecule has 2 aromatic rings. The van der Waals surface area contributed by atoms with E-state index in [9.17, 15) is 17.6 Å². The van der Waals surface area contributed by atoms with Crippen LogP contribution in [0.3, 0.4) is 0 Å². The molecule has 0 fully saturated rings. The maximum Gasteiger partial charge on any atom is 0.419 e. The zero-order valence-corrected chi connectivity index (χ0v) is 9.96. The number of hydrogen-bond donors (Lipinski definition) is 0. The fourth-order valence-corrected chi connectivity index (χ4v) is 1.71. The van der Waals surface area contributed by atoms with Gasteiger partial charge in [0.1, 0.15) is 11.6 Å². The Morgan fingerprint density at radius 1 is 0.895 bits per heavy atom. The van der Waals surface area contributed by atoms with Gasteiger partial charge in [-0.1, -0.05) is 18.2 Å². The molecule has 100 valence electrons. The minimum Gasteiger partial charge on any atom is -0.497 e. The van der Waals surface area contributed by atoms with Crippen LogP contribution >= 0.6 is 0 Å². The maximum atomic E-state index is 13.2. The number of benzene rings is 2. The first-order valence-electron chi connectivity index (χ1n) is 5.43. The van der Waals surface area contributed by atoms with Crippen LogP contribution in [0.25, 0.3) is 11.1 Å². The van der Waals surface area contributed by atoms with E-state index in [0.29, 0.717) is 16.9 Å². The third kappa shape index (κ3) is 2.86. The minimum atomic E-state index is -4.70. The molecular formula is C14H10F4O. The van der Waals surface area contributed by atoms with E-state index in [-0.39, 0.29) is 0 Å². The number of halogens is 4. The number of rotatable bonds is 2. The molecule has 5 heteroatoms. The molecule has 1 nitrogen and oxygen atoms in total. The summed E-state index contributed by atoms with van der Waals surface area (Å²) in [4.78, 5) is 0. The average molecular weight is 270 g/mol. The van der Waals surface area contributed by atoms with Gasteiger partial charge in [-0.3, -0.25) is 0 Å². The molecule has 0 bridgehead atoms. The van der Waals surface area contributed by atoms with Crippen molar-refractivity contribution in [2.24, 2.45) is 0 Å². The van der Waals surface area contributed by atoms with Crippen LogP contribution in [-0.4, -0.2) is 7.11 Å². The smallest absolute Gasteiger partial charge is 0.419 e. The monoisotopic (exact) mass is 270 g/mol. The van der Waals surface area contributed by atoms with Crippen LogP contribution < -0.4 is 4.74 Å². The van der Waals surface area contributed by atoms with Gasteiger partial charge in [-0.05, 0) is 35.4 Å². The Hall–Kier alpha value is -2.04. The molecule has 0 unspecified atom stereocenters. The predicted octanol–water partition coefficient (Wildman–Crippen LogP) is 4.52. The summed E-state index contributed by atoms with van der Waals surface area (Å²) in [5, 5.41) is 0. The van der Waals surface area contributed by atoms with Crippen molar-refractivity contribution < 1.29 is 22.3 Å².